The number of amides is 1. The number of imidazole rings is 1. The second-order valence-corrected chi connectivity index (χ2v) is 7.27. The highest BCUT2D eigenvalue weighted by molar-refractivity contribution is 6.32. The van der Waals surface area contributed by atoms with Crippen molar-refractivity contribution in [2.24, 2.45) is 0 Å². The van der Waals surface area contributed by atoms with Crippen molar-refractivity contribution >= 4 is 28.5 Å². The number of ether oxygens (including phenoxy) is 2. The number of carbonyl (C=O) groups is 1. The Balaban J connectivity index is 1.47. The quantitative estimate of drug-likeness (QED) is 0.435. The summed E-state index contributed by atoms with van der Waals surface area (Å²) in [6.07, 6.45) is 0. The smallest absolute Gasteiger partial charge is 0.251 e. The lowest BCUT2D eigenvalue weighted by atomic mass is 10.2. The Labute approximate surface area is 185 Å². The molecule has 1 heterocycles. The zero-order chi connectivity index (χ0) is 21.6. The Bertz CT molecular complexity index is 1190. The van der Waals surface area contributed by atoms with Crippen molar-refractivity contribution in [3.63, 3.8) is 0 Å². The van der Waals surface area contributed by atoms with E-state index in [9.17, 15) is 4.79 Å². The summed E-state index contributed by atoms with van der Waals surface area (Å²) in [4.78, 5) is 17.2. The molecule has 0 radical (unpaired) electrons. The highest BCUT2D eigenvalue weighted by atomic mass is 35.5. The Morgan fingerprint density at radius 3 is 2.55 bits per heavy atom. The number of nitrogens with zero attached hydrogens (tertiary/aromatic N) is 2. The van der Waals surface area contributed by atoms with Gasteiger partial charge in [-0.3, -0.25) is 4.79 Å². The second-order valence-electron chi connectivity index (χ2n) is 6.86. The molecule has 3 aromatic carbocycles. The molecule has 0 fully saturated rings. The number of benzene rings is 3. The van der Waals surface area contributed by atoms with Gasteiger partial charge in [0.1, 0.15) is 23.9 Å². The van der Waals surface area contributed by atoms with Crippen LogP contribution in [0.1, 0.15) is 16.2 Å². The SMILES string of the molecule is COc1ccc(C(=O)NCc2nc3ccccc3n2CCOc2ccccc2Cl)cc1. The zero-order valence-electron chi connectivity index (χ0n) is 17.0. The van der Waals surface area contributed by atoms with Crippen molar-refractivity contribution in [3.8, 4) is 11.5 Å². The average molecular weight is 436 g/mol. The third-order valence-electron chi connectivity index (χ3n) is 4.90. The van der Waals surface area contributed by atoms with Crippen LogP contribution >= 0.6 is 11.6 Å². The molecular weight excluding hydrogens is 414 g/mol. The number of fused-ring (bicyclic) bond motifs is 1. The van der Waals surface area contributed by atoms with Gasteiger partial charge in [0.15, 0.2) is 0 Å². The molecule has 6 nitrogen and oxygen atoms in total. The topological polar surface area (TPSA) is 65.4 Å². The van der Waals surface area contributed by atoms with Gasteiger partial charge in [0, 0.05) is 5.56 Å². The van der Waals surface area contributed by atoms with E-state index in [0.717, 1.165) is 16.9 Å². The van der Waals surface area contributed by atoms with Crippen LogP contribution in [0.4, 0.5) is 0 Å². The fraction of sp³-hybridized carbons (Fsp3) is 0.167. The number of carbonyl (C=O) groups excluding carboxylic acids is 1. The Morgan fingerprint density at radius 2 is 1.77 bits per heavy atom. The highest BCUT2D eigenvalue weighted by Gasteiger charge is 2.13. The third-order valence-corrected chi connectivity index (χ3v) is 5.21. The predicted octanol–water partition coefficient (Wildman–Crippen LogP) is 4.71. The maximum atomic E-state index is 12.6. The maximum absolute atomic E-state index is 12.6. The van der Waals surface area contributed by atoms with Gasteiger partial charge in [0.25, 0.3) is 5.91 Å². The second kappa shape index (κ2) is 9.53. The van der Waals surface area contributed by atoms with Gasteiger partial charge >= 0.3 is 0 Å². The molecule has 0 atom stereocenters. The standard InChI is InChI=1S/C24H22ClN3O3/c1-30-18-12-10-17(11-13-18)24(29)26-16-23-27-20-7-3-4-8-21(20)28(23)14-15-31-22-9-5-2-6-19(22)25/h2-13H,14-16H2,1H3,(H,26,29). The summed E-state index contributed by atoms with van der Waals surface area (Å²) >= 11 is 6.17. The van der Waals surface area contributed by atoms with Gasteiger partial charge in [-0.05, 0) is 48.5 Å². The van der Waals surface area contributed by atoms with Crippen LogP contribution in [0.15, 0.2) is 72.8 Å². The third kappa shape index (κ3) is 4.81. The van der Waals surface area contributed by atoms with E-state index < -0.39 is 0 Å². The number of methoxy groups -OCH3 is 1. The molecule has 0 unspecified atom stereocenters. The van der Waals surface area contributed by atoms with E-state index >= 15 is 0 Å². The summed E-state index contributed by atoms with van der Waals surface area (Å²) in [7, 11) is 1.59. The molecule has 0 bridgehead atoms. The van der Waals surface area contributed by atoms with E-state index in [1.165, 1.54) is 0 Å². The van der Waals surface area contributed by atoms with E-state index in [4.69, 9.17) is 26.1 Å². The molecule has 158 valence electrons. The molecule has 1 amide bonds. The number of hydrogen-bond acceptors (Lipinski definition) is 4. The predicted molar refractivity (Wildman–Crippen MR) is 121 cm³/mol. The van der Waals surface area contributed by atoms with E-state index in [1.54, 1.807) is 37.4 Å². The maximum Gasteiger partial charge on any atom is 0.251 e. The van der Waals surface area contributed by atoms with Crippen molar-refractivity contribution in [3.05, 3.63) is 89.2 Å². The number of halogens is 1. The molecule has 0 aliphatic carbocycles. The van der Waals surface area contributed by atoms with Crippen LogP contribution in [0, 0.1) is 0 Å². The van der Waals surface area contributed by atoms with Crippen molar-refractivity contribution < 1.29 is 14.3 Å². The van der Waals surface area contributed by atoms with E-state index in [0.29, 0.717) is 41.8 Å². The number of aromatic nitrogens is 2. The molecule has 7 heteroatoms. The Hall–Kier alpha value is -3.51. The van der Waals surface area contributed by atoms with Gasteiger partial charge in [-0.25, -0.2) is 4.98 Å². The van der Waals surface area contributed by atoms with Gasteiger partial charge in [0.05, 0.1) is 36.3 Å². The van der Waals surface area contributed by atoms with E-state index in [2.05, 4.69) is 9.88 Å². The summed E-state index contributed by atoms with van der Waals surface area (Å²) in [6, 6.07) is 22.2. The first kappa shape index (κ1) is 20.8. The molecule has 0 aliphatic heterocycles. The minimum atomic E-state index is -0.173. The molecule has 0 saturated carbocycles. The van der Waals surface area contributed by atoms with Gasteiger partial charge in [-0.1, -0.05) is 35.9 Å². The number of nitrogens with one attached hydrogen (secondary N) is 1. The van der Waals surface area contributed by atoms with Gasteiger partial charge in [-0.15, -0.1) is 0 Å². The number of para-hydroxylation sites is 3. The first-order chi connectivity index (χ1) is 15.2. The van der Waals surface area contributed by atoms with Crippen molar-refractivity contribution in [2.45, 2.75) is 13.1 Å². The lowest BCUT2D eigenvalue weighted by molar-refractivity contribution is 0.0949. The Kier molecular flexibility index (Phi) is 6.38. The van der Waals surface area contributed by atoms with Crippen LogP contribution in [0.2, 0.25) is 5.02 Å². The van der Waals surface area contributed by atoms with Gasteiger partial charge < -0.3 is 19.4 Å². The van der Waals surface area contributed by atoms with Crippen LogP contribution in [-0.4, -0.2) is 29.2 Å². The number of rotatable bonds is 8. The van der Waals surface area contributed by atoms with E-state index in [-0.39, 0.29) is 5.91 Å². The first-order valence-electron chi connectivity index (χ1n) is 9.89. The normalized spacial score (nSPS) is 10.8. The summed E-state index contributed by atoms with van der Waals surface area (Å²) < 4.78 is 13.0. The van der Waals surface area contributed by atoms with Crippen LogP contribution in [0.5, 0.6) is 11.5 Å². The average Bonchev–Trinajstić information content (AvgIpc) is 3.16. The molecule has 4 aromatic rings. The summed E-state index contributed by atoms with van der Waals surface area (Å²) in [5.41, 5.74) is 2.42. The molecule has 1 aromatic heterocycles. The summed E-state index contributed by atoms with van der Waals surface area (Å²) in [6.45, 7) is 1.29. The lowest BCUT2D eigenvalue weighted by Gasteiger charge is -2.12. The van der Waals surface area contributed by atoms with E-state index in [1.807, 2.05) is 42.5 Å². The lowest BCUT2D eigenvalue weighted by Crippen LogP contribution is -2.25. The van der Waals surface area contributed by atoms with Gasteiger partial charge in [-0.2, -0.15) is 0 Å². The molecule has 0 saturated heterocycles. The fourth-order valence-corrected chi connectivity index (χ4v) is 3.51. The summed E-state index contributed by atoms with van der Waals surface area (Å²) in [5, 5.41) is 3.52. The van der Waals surface area contributed by atoms with Crippen LogP contribution in [0.3, 0.4) is 0 Å². The van der Waals surface area contributed by atoms with Crippen molar-refractivity contribution in [1.29, 1.82) is 0 Å². The monoisotopic (exact) mass is 435 g/mol. The van der Waals surface area contributed by atoms with Crippen LogP contribution in [-0.2, 0) is 13.1 Å². The molecule has 1 N–H and O–H groups in total. The first-order valence-corrected chi connectivity index (χ1v) is 10.3. The van der Waals surface area contributed by atoms with Crippen LogP contribution in [0.25, 0.3) is 11.0 Å². The molecule has 4 rings (SSSR count). The van der Waals surface area contributed by atoms with Crippen LogP contribution < -0.4 is 14.8 Å². The fourth-order valence-electron chi connectivity index (χ4n) is 3.32. The molecular formula is C24H22ClN3O3. The highest BCUT2D eigenvalue weighted by Crippen LogP contribution is 2.23. The molecule has 0 spiro atoms. The van der Waals surface area contributed by atoms with Gasteiger partial charge in [0.2, 0.25) is 0 Å². The zero-order valence-corrected chi connectivity index (χ0v) is 17.8. The molecule has 0 aliphatic rings. The minimum absolute atomic E-state index is 0.173. The molecule has 31 heavy (non-hydrogen) atoms. The summed E-state index contributed by atoms with van der Waals surface area (Å²) in [5.74, 6) is 1.93. The Morgan fingerprint density at radius 1 is 1.03 bits per heavy atom. The largest absolute Gasteiger partial charge is 0.497 e. The number of hydrogen-bond donors (Lipinski definition) is 1. The van der Waals surface area contributed by atoms with Crippen molar-refractivity contribution in [1.82, 2.24) is 14.9 Å². The minimum Gasteiger partial charge on any atom is -0.497 e. The van der Waals surface area contributed by atoms with Crippen molar-refractivity contribution in [2.75, 3.05) is 13.7 Å².